The Balaban J connectivity index is 2.01. The van der Waals surface area contributed by atoms with Crippen LogP contribution in [-0.2, 0) is 17.3 Å². The van der Waals surface area contributed by atoms with Crippen LogP contribution < -0.4 is 10.4 Å². The normalized spacial score (nSPS) is 18.8. The molecule has 0 saturated carbocycles. The Hall–Kier alpha value is -1.93. The van der Waals surface area contributed by atoms with E-state index >= 15 is 0 Å². The maximum Gasteiger partial charge on any atom is 0.329 e. The summed E-state index contributed by atoms with van der Waals surface area (Å²) < 4.78 is 29.6. The Morgan fingerprint density at radius 2 is 2.12 bits per heavy atom. The molecule has 0 N–H and O–H groups in total. The minimum Gasteiger partial charge on any atom is -0.489 e. The SMILES string of the molecule is Cn1c(=O)n2c3c4c(c(Br)c(F)cc4ncc31)OCC21CCOCC1. The van der Waals surface area contributed by atoms with Gasteiger partial charge < -0.3 is 9.47 Å². The number of benzene rings is 1. The molecule has 0 aliphatic carbocycles. The lowest BCUT2D eigenvalue weighted by atomic mass is 9.90. The molecule has 8 heteroatoms. The van der Waals surface area contributed by atoms with Crippen LogP contribution in [0.25, 0.3) is 21.9 Å². The van der Waals surface area contributed by atoms with Gasteiger partial charge in [-0.15, -0.1) is 0 Å². The summed E-state index contributed by atoms with van der Waals surface area (Å²) in [6, 6.07) is 1.37. The van der Waals surface area contributed by atoms with E-state index in [-0.39, 0.29) is 10.2 Å². The van der Waals surface area contributed by atoms with Crippen molar-refractivity contribution >= 4 is 37.9 Å². The first kappa shape index (κ1) is 15.3. The van der Waals surface area contributed by atoms with Gasteiger partial charge in [0, 0.05) is 26.3 Å². The molecule has 1 saturated heterocycles. The first-order chi connectivity index (χ1) is 12.0. The van der Waals surface area contributed by atoms with Crippen LogP contribution in [0, 0.1) is 5.82 Å². The number of pyridine rings is 1. The molecular weight excluding hydrogens is 393 g/mol. The van der Waals surface area contributed by atoms with E-state index in [1.807, 2.05) is 4.57 Å². The van der Waals surface area contributed by atoms with Gasteiger partial charge in [-0.25, -0.2) is 9.18 Å². The maximum absolute atomic E-state index is 14.3. The molecule has 0 atom stereocenters. The summed E-state index contributed by atoms with van der Waals surface area (Å²) in [6.07, 6.45) is 2.97. The molecule has 3 aromatic rings. The topological polar surface area (TPSA) is 58.3 Å². The standard InChI is InChI=1S/C17H15BrFN3O3/c1-21-11-7-20-10-6-9(19)13(18)15-12(10)14(11)22(16(21)23)17(8-25-15)2-4-24-5-3-17/h6-7H,2-5,8H2,1H3. The summed E-state index contributed by atoms with van der Waals surface area (Å²) in [5.41, 5.74) is 1.34. The Labute approximate surface area is 150 Å². The molecular formula is C17H15BrFN3O3. The van der Waals surface area contributed by atoms with Gasteiger partial charge in [0.25, 0.3) is 0 Å². The zero-order valence-corrected chi connectivity index (χ0v) is 15.1. The fourth-order valence-electron chi connectivity index (χ4n) is 4.03. The smallest absolute Gasteiger partial charge is 0.329 e. The number of hydrogen-bond acceptors (Lipinski definition) is 4. The van der Waals surface area contributed by atoms with Gasteiger partial charge in [0.05, 0.1) is 38.1 Å². The molecule has 2 aliphatic heterocycles. The van der Waals surface area contributed by atoms with Crippen molar-refractivity contribution in [1.29, 1.82) is 0 Å². The van der Waals surface area contributed by atoms with Crippen LogP contribution in [0.3, 0.4) is 0 Å². The number of hydrogen-bond donors (Lipinski definition) is 0. The van der Waals surface area contributed by atoms with Crippen LogP contribution in [0.1, 0.15) is 12.8 Å². The molecule has 5 rings (SSSR count). The van der Waals surface area contributed by atoms with Crippen LogP contribution >= 0.6 is 15.9 Å². The highest BCUT2D eigenvalue weighted by Crippen LogP contribution is 2.44. The Bertz CT molecular complexity index is 1100. The van der Waals surface area contributed by atoms with Gasteiger partial charge in [0.1, 0.15) is 18.2 Å². The molecule has 6 nitrogen and oxygen atoms in total. The van der Waals surface area contributed by atoms with Gasteiger partial charge in [0.2, 0.25) is 0 Å². The molecule has 2 aromatic heterocycles. The molecule has 1 fully saturated rings. The van der Waals surface area contributed by atoms with E-state index in [2.05, 4.69) is 20.9 Å². The number of nitrogens with zero attached hydrogens (tertiary/aromatic N) is 3. The van der Waals surface area contributed by atoms with Crippen LogP contribution in [0.2, 0.25) is 0 Å². The Morgan fingerprint density at radius 1 is 1.36 bits per heavy atom. The molecule has 4 heterocycles. The predicted octanol–water partition coefficient (Wildman–Crippen LogP) is 2.69. The summed E-state index contributed by atoms with van der Waals surface area (Å²) in [7, 11) is 1.74. The number of imidazole rings is 1. The summed E-state index contributed by atoms with van der Waals surface area (Å²) in [5, 5.41) is 0.673. The largest absolute Gasteiger partial charge is 0.489 e. The zero-order valence-electron chi connectivity index (χ0n) is 13.5. The molecule has 0 bridgehead atoms. The van der Waals surface area contributed by atoms with Crippen molar-refractivity contribution in [2.45, 2.75) is 18.4 Å². The number of fused-ring (bicyclic) bond motifs is 1. The number of ether oxygens (including phenoxy) is 2. The average molecular weight is 408 g/mol. The van der Waals surface area contributed by atoms with Crippen LogP contribution in [0.15, 0.2) is 21.5 Å². The highest BCUT2D eigenvalue weighted by molar-refractivity contribution is 9.10. The highest BCUT2D eigenvalue weighted by Gasteiger charge is 2.41. The van der Waals surface area contributed by atoms with E-state index in [1.54, 1.807) is 17.8 Å². The van der Waals surface area contributed by atoms with Crippen molar-refractivity contribution in [3.63, 3.8) is 0 Å². The van der Waals surface area contributed by atoms with Crippen LogP contribution in [0.5, 0.6) is 5.75 Å². The van der Waals surface area contributed by atoms with E-state index in [0.717, 1.165) is 5.52 Å². The number of aromatic nitrogens is 3. The van der Waals surface area contributed by atoms with E-state index in [9.17, 15) is 9.18 Å². The van der Waals surface area contributed by atoms with E-state index in [4.69, 9.17) is 9.47 Å². The fourth-order valence-corrected chi connectivity index (χ4v) is 4.45. The lowest BCUT2D eigenvalue weighted by Gasteiger charge is -2.36. The molecule has 1 aromatic carbocycles. The van der Waals surface area contributed by atoms with Gasteiger partial charge in [-0.3, -0.25) is 14.1 Å². The van der Waals surface area contributed by atoms with Gasteiger partial charge in [0.15, 0.2) is 0 Å². The second-order valence-corrected chi connectivity index (χ2v) is 7.48. The quantitative estimate of drug-likeness (QED) is 0.574. The fraction of sp³-hybridized carbons (Fsp3) is 0.412. The van der Waals surface area contributed by atoms with Crippen molar-refractivity contribution in [3.8, 4) is 5.75 Å². The Morgan fingerprint density at radius 3 is 2.88 bits per heavy atom. The average Bonchev–Trinajstić information content (AvgIpc) is 2.79. The summed E-state index contributed by atoms with van der Waals surface area (Å²) >= 11 is 3.30. The highest BCUT2D eigenvalue weighted by atomic mass is 79.9. The van der Waals surface area contributed by atoms with Crippen molar-refractivity contribution in [2.75, 3.05) is 19.8 Å². The van der Waals surface area contributed by atoms with Crippen LogP contribution in [0.4, 0.5) is 4.39 Å². The summed E-state index contributed by atoms with van der Waals surface area (Å²) in [5.74, 6) is -0.0158. The molecule has 0 unspecified atom stereocenters. The number of aryl methyl sites for hydroxylation is 1. The molecule has 130 valence electrons. The zero-order chi connectivity index (χ0) is 17.3. The third-order valence-corrected chi connectivity index (χ3v) is 6.15. The third kappa shape index (κ3) is 1.86. The lowest BCUT2D eigenvalue weighted by Crippen LogP contribution is -2.48. The number of rotatable bonds is 0. The van der Waals surface area contributed by atoms with Gasteiger partial charge in [-0.1, -0.05) is 0 Å². The maximum atomic E-state index is 14.3. The summed E-state index contributed by atoms with van der Waals surface area (Å²) in [4.78, 5) is 17.4. The summed E-state index contributed by atoms with van der Waals surface area (Å²) in [6.45, 7) is 1.42. The third-order valence-electron chi connectivity index (χ3n) is 5.41. The van der Waals surface area contributed by atoms with Crippen molar-refractivity contribution in [1.82, 2.24) is 14.1 Å². The molecule has 0 amide bonds. The molecule has 2 aliphatic rings. The van der Waals surface area contributed by atoms with Crippen molar-refractivity contribution < 1.29 is 13.9 Å². The predicted molar refractivity (Wildman–Crippen MR) is 93.7 cm³/mol. The molecule has 1 spiro atoms. The lowest BCUT2D eigenvalue weighted by molar-refractivity contribution is -0.00114. The Kier molecular flexibility index (Phi) is 3.09. The monoisotopic (exact) mass is 407 g/mol. The van der Waals surface area contributed by atoms with Gasteiger partial charge in [-0.2, -0.15) is 0 Å². The van der Waals surface area contributed by atoms with Crippen LogP contribution in [-0.4, -0.2) is 33.9 Å². The van der Waals surface area contributed by atoms with Crippen molar-refractivity contribution in [3.05, 3.63) is 33.0 Å². The number of halogens is 2. The second kappa shape index (κ2) is 5.04. The van der Waals surface area contributed by atoms with E-state index < -0.39 is 11.4 Å². The minimum atomic E-state index is -0.502. The minimum absolute atomic E-state index is 0.108. The second-order valence-electron chi connectivity index (χ2n) is 6.69. The van der Waals surface area contributed by atoms with Gasteiger partial charge >= 0.3 is 5.69 Å². The van der Waals surface area contributed by atoms with E-state index in [0.29, 0.717) is 54.8 Å². The first-order valence-electron chi connectivity index (χ1n) is 8.13. The van der Waals surface area contributed by atoms with E-state index in [1.165, 1.54) is 6.07 Å². The molecule has 0 radical (unpaired) electrons. The van der Waals surface area contributed by atoms with Gasteiger partial charge in [-0.05, 0) is 28.8 Å². The molecule has 25 heavy (non-hydrogen) atoms. The van der Waals surface area contributed by atoms with Crippen molar-refractivity contribution in [2.24, 2.45) is 7.05 Å². The first-order valence-corrected chi connectivity index (χ1v) is 8.92.